The largest absolute Gasteiger partial charge is 0.451 e. The summed E-state index contributed by atoms with van der Waals surface area (Å²) in [6.45, 7) is 1.43. The van der Waals surface area contributed by atoms with E-state index < -0.39 is 29.8 Å². The molecule has 3 aromatic rings. The zero-order chi connectivity index (χ0) is 26.3. The molecule has 5 rings (SSSR count). The van der Waals surface area contributed by atoms with Gasteiger partial charge in [0.2, 0.25) is 11.7 Å². The highest BCUT2D eigenvalue weighted by Crippen LogP contribution is 2.37. The summed E-state index contributed by atoms with van der Waals surface area (Å²) in [6, 6.07) is 0.0551. The smallest absolute Gasteiger partial charge is 0.391 e. The quantitative estimate of drug-likeness (QED) is 0.429. The molecule has 10 nitrogen and oxygen atoms in total. The fraction of sp³-hybridized carbons (Fsp3) is 0.522. The molecule has 1 aliphatic heterocycles. The van der Waals surface area contributed by atoms with E-state index in [-0.39, 0.29) is 30.4 Å². The molecule has 0 bridgehead atoms. The number of aliphatic hydroxyl groups is 1. The number of halogens is 4. The number of fused-ring (bicyclic) bond motifs is 1. The minimum atomic E-state index is -4.63. The van der Waals surface area contributed by atoms with Crippen molar-refractivity contribution in [3.63, 3.8) is 0 Å². The third kappa shape index (κ3) is 5.49. The summed E-state index contributed by atoms with van der Waals surface area (Å²) in [6.07, 6.45) is 1.82. The second-order valence-electron chi connectivity index (χ2n) is 9.61. The lowest BCUT2D eigenvalue weighted by Crippen LogP contribution is -2.47. The molecule has 198 valence electrons. The molecule has 4 heterocycles. The number of hydrogen-bond donors (Lipinski definition) is 2. The van der Waals surface area contributed by atoms with Crippen molar-refractivity contribution in [2.75, 3.05) is 24.5 Å². The van der Waals surface area contributed by atoms with E-state index >= 15 is 4.39 Å². The topological polar surface area (TPSA) is 126 Å². The van der Waals surface area contributed by atoms with Crippen LogP contribution in [0.3, 0.4) is 0 Å². The van der Waals surface area contributed by atoms with Crippen molar-refractivity contribution in [2.24, 2.45) is 11.7 Å². The van der Waals surface area contributed by atoms with Gasteiger partial charge in [-0.25, -0.2) is 24.3 Å². The molecule has 1 saturated carbocycles. The molecule has 3 N–H and O–H groups in total. The number of piperidine rings is 1. The zero-order valence-electron chi connectivity index (χ0n) is 19.8. The van der Waals surface area contributed by atoms with Crippen molar-refractivity contribution in [1.82, 2.24) is 29.4 Å². The number of aromatic nitrogens is 5. The van der Waals surface area contributed by atoms with Crippen LogP contribution in [0.4, 0.5) is 23.4 Å². The molecule has 37 heavy (non-hydrogen) atoms. The van der Waals surface area contributed by atoms with Crippen LogP contribution in [-0.2, 0) is 24.1 Å². The van der Waals surface area contributed by atoms with Gasteiger partial charge in [0.25, 0.3) is 0 Å². The molecule has 1 amide bonds. The van der Waals surface area contributed by atoms with E-state index in [0.717, 1.165) is 25.2 Å². The molecule has 0 aromatic carbocycles. The van der Waals surface area contributed by atoms with Gasteiger partial charge in [0.05, 0.1) is 18.0 Å². The second-order valence-corrected chi connectivity index (χ2v) is 9.61. The summed E-state index contributed by atoms with van der Waals surface area (Å²) in [5, 5.41) is 10.8. The molecule has 2 atom stereocenters. The molecular weight excluding hydrogens is 496 g/mol. The molecule has 3 aromatic heterocycles. The van der Waals surface area contributed by atoms with Crippen molar-refractivity contribution in [3.05, 3.63) is 42.1 Å². The standard InChI is InChI=1S/C23H26F4N8O2/c24-16-9-34(8-14-3-4-33(10-17(14)36)11-18(28)37)20-19(16)21(32-12-31-20)35(15-1-2-15)7-13-5-29-22(30-6-13)23(25,26)27/h5-6,9,12,14-15,17,36H,1-4,7-8,10-11H2,(H2,28,37)/t14-,17+/m0/s1. The highest BCUT2D eigenvalue weighted by Gasteiger charge is 2.36. The maximum absolute atomic E-state index is 15.3. The van der Waals surface area contributed by atoms with Crippen LogP contribution in [0.1, 0.15) is 30.7 Å². The van der Waals surface area contributed by atoms with E-state index in [2.05, 4.69) is 19.9 Å². The van der Waals surface area contributed by atoms with Gasteiger partial charge >= 0.3 is 6.18 Å². The van der Waals surface area contributed by atoms with Gasteiger partial charge in [0.15, 0.2) is 5.82 Å². The van der Waals surface area contributed by atoms with Crippen LogP contribution in [-0.4, -0.2) is 72.2 Å². The van der Waals surface area contributed by atoms with Crippen molar-refractivity contribution >= 4 is 22.8 Å². The van der Waals surface area contributed by atoms with Crippen LogP contribution >= 0.6 is 0 Å². The third-order valence-electron chi connectivity index (χ3n) is 6.77. The van der Waals surface area contributed by atoms with E-state index in [1.807, 2.05) is 4.90 Å². The predicted octanol–water partition coefficient (Wildman–Crippen LogP) is 1.72. The normalized spacial score (nSPS) is 20.9. The van der Waals surface area contributed by atoms with Crippen LogP contribution in [0.25, 0.3) is 11.0 Å². The number of rotatable bonds is 8. The van der Waals surface area contributed by atoms with Gasteiger partial charge in [0, 0.05) is 55.7 Å². The van der Waals surface area contributed by atoms with Gasteiger partial charge in [-0.2, -0.15) is 13.2 Å². The van der Waals surface area contributed by atoms with Crippen LogP contribution in [0.5, 0.6) is 0 Å². The predicted molar refractivity (Wildman–Crippen MR) is 123 cm³/mol. The first-order valence-electron chi connectivity index (χ1n) is 11.9. The number of amides is 1. The molecule has 2 fully saturated rings. The maximum Gasteiger partial charge on any atom is 0.451 e. The zero-order valence-corrected chi connectivity index (χ0v) is 19.8. The lowest BCUT2D eigenvalue weighted by molar-refractivity contribution is -0.145. The number of nitrogens with two attached hydrogens (primary N) is 1. The van der Waals surface area contributed by atoms with Gasteiger partial charge in [-0.05, 0) is 25.8 Å². The number of anilines is 1. The van der Waals surface area contributed by atoms with Crippen LogP contribution in [0.15, 0.2) is 24.9 Å². The summed E-state index contributed by atoms with van der Waals surface area (Å²) >= 11 is 0. The number of likely N-dealkylation sites (tertiary alicyclic amines) is 1. The second kappa shape index (κ2) is 9.82. The Labute approximate surface area is 209 Å². The Morgan fingerprint density at radius 1 is 1.16 bits per heavy atom. The Balaban J connectivity index is 1.38. The molecule has 0 radical (unpaired) electrons. The SMILES string of the molecule is NC(=O)CN1CC[C@@H](Cn2cc(F)c3c(N(Cc4cnc(C(F)(F)F)nc4)C4CC4)ncnc32)[C@H](O)C1. The van der Waals surface area contributed by atoms with Crippen molar-refractivity contribution < 1.29 is 27.5 Å². The molecule has 0 spiro atoms. The Bertz CT molecular complexity index is 1280. The van der Waals surface area contributed by atoms with Gasteiger partial charge in [0.1, 0.15) is 17.8 Å². The highest BCUT2D eigenvalue weighted by molar-refractivity contribution is 5.89. The highest BCUT2D eigenvalue weighted by atomic mass is 19.4. The maximum atomic E-state index is 15.3. The van der Waals surface area contributed by atoms with Gasteiger partial charge in [-0.3, -0.25) is 9.69 Å². The van der Waals surface area contributed by atoms with Crippen molar-refractivity contribution in [2.45, 2.75) is 50.7 Å². The molecular formula is C23H26F4N8O2. The van der Waals surface area contributed by atoms with Crippen LogP contribution < -0.4 is 10.6 Å². The molecule has 1 saturated heterocycles. The Morgan fingerprint density at radius 2 is 1.89 bits per heavy atom. The number of carbonyl (C=O) groups is 1. The molecule has 0 unspecified atom stereocenters. The summed E-state index contributed by atoms with van der Waals surface area (Å²) < 4.78 is 55.4. The average molecular weight is 523 g/mol. The number of hydrogen-bond acceptors (Lipinski definition) is 8. The van der Waals surface area contributed by atoms with Crippen molar-refractivity contribution in [1.29, 1.82) is 0 Å². The summed E-state index contributed by atoms with van der Waals surface area (Å²) in [7, 11) is 0. The first-order valence-corrected chi connectivity index (χ1v) is 11.9. The minimum absolute atomic E-state index is 0.0551. The van der Waals surface area contributed by atoms with E-state index in [0.29, 0.717) is 43.1 Å². The number of primary amides is 1. The lowest BCUT2D eigenvalue weighted by Gasteiger charge is -2.35. The fourth-order valence-electron chi connectivity index (χ4n) is 4.84. The van der Waals surface area contributed by atoms with Gasteiger partial charge < -0.3 is 20.3 Å². The van der Waals surface area contributed by atoms with Gasteiger partial charge in [-0.1, -0.05) is 0 Å². The number of nitrogens with zero attached hydrogens (tertiary/aromatic N) is 7. The van der Waals surface area contributed by atoms with E-state index in [1.54, 1.807) is 9.47 Å². The average Bonchev–Trinajstić information content (AvgIpc) is 3.63. The number of alkyl halides is 3. The minimum Gasteiger partial charge on any atom is -0.391 e. The molecule has 1 aliphatic carbocycles. The van der Waals surface area contributed by atoms with E-state index in [9.17, 15) is 23.1 Å². The third-order valence-corrected chi connectivity index (χ3v) is 6.77. The number of β-amino-alcohol motifs (C(OH)–C–C–N with tert-alkyl or cyclic N) is 1. The molecule has 14 heteroatoms. The first-order chi connectivity index (χ1) is 17.6. The Kier molecular flexibility index (Phi) is 6.70. The van der Waals surface area contributed by atoms with E-state index in [4.69, 9.17) is 5.73 Å². The van der Waals surface area contributed by atoms with Gasteiger partial charge in [-0.15, -0.1) is 0 Å². The molecule has 2 aliphatic rings. The lowest BCUT2D eigenvalue weighted by atomic mass is 9.93. The van der Waals surface area contributed by atoms with Crippen LogP contribution in [0, 0.1) is 11.7 Å². The van der Waals surface area contributed by atoms with E-state index in [1.165, 1.54) is 12.5 Å². The Morgan fingerprint density at radius 3 is 2.51 bits per heavy atom. The fourth-order valence-corrected chi connectivity index (χ4v) is 4.84. The summed E-state index contributed by atoms with van der Waals surface area (Å²) in [5.74, 6) is -2.04. The Hall–Kier alpha value is -3.39. The summed E-state index contributed by atoms with van der Waals surface area (Å²) in [4.78, 5) is 30.3. The first kappa shape index (κ1) is 25.3. The number of carbonyl (C=O) groups excluding carboxylic acids is 1. The number of aliphatic hydroxyl groups excluding tert-OH is 1. The van der Waals surface area contributed by atoms with Crippen molar-refractivity contribution in [3.8, 4) is 0 Å². The monoisotopic (exact) mass is 522 g/mol. The van der Waals surface area contributed by atoms with Crippen LogP contribution in [0.2, 0.25) is 0 Å². The summed E-state index contributed by atoms with van der Waals surface area (Å²) in [5.41, 5.74) is 6.06.